The minimum Gasteiger partial charge on any atom is -0.341 e. The summed E-state index contributed by atoms with van der Waals surface area (Å²) in [5.41, 5.74) is 0. The van der Waals surface area contributed by atoms with Crippen LogP contribution in [0.1, 0.15) is 12.8 Å². The molecular weight excluding hydrogens is 277 g/mol. The van der Waals surface area contributed by atoms with Crippen LogP contribution in [0, 0.1) is 5.92 Å². The Hall–Kier alpha value is -0.350. The van der Waals surface area contributed by atoms with Crippen molar-refractivity contribution >= 4 is 33.5 Å². The zero-order chi connectivity index (χ0) is 10.7. The van der Waals surface area contributed by atoms with Gasteiger partial charge in [0.25, 0.3) is 0 Å². The summed E-state index contributed by atoms with van der Waals surface area (Å²) in [4.78, 5) is 10.7. The highest BCUT2D eigenvalue weighted by Crippen LogP contribution is 2.23. The van der Waals surface area contributed by atoms with Crippen LogP contribution in [0.2, 0.25) is 5.02 Å². The van der Waals surface area contributed by atoms with Crippen molar-refractivity contribution in [2.45, 2.75) is 12.8 Å². The van der Waals surface area contributed by atoms with E-state index in [1.165, 1.54) is 12.8 Å². The van der Waals surface area contributed by atoms with E-state index in [2.05, 4.69) is 30.8 Å². The lowest BCUT2D eigenvalue weighted by atomic mass is 10.1. The van der Waals surface area contributed by atoms with Crippen LogP contribution in [0.4, 0.5) is 5.95 Å². The average Bonchev–Trinajstić information content (AvgIpc) is 2.68. The summed E-state index contributed by atoms with van der Waals surface area (Å²) in [5, 5.41) is 1.67. The monoisotopic (exact) mass is 289 g/mol. The zero-order valence-electron chi connectivity index (χ0n) is 8.37. The fourth-order valence-electron chi connectivity index (χ4n) is 1.87. The molecule has 0 bridgehead atoms. The van der Waals surface area contributed by atoms with Crippen LogP contribution in [-0.4, -0.2) is 28.4 Å². The maximum Gasteiger partial charge on any atom is 0.225 e. The third kappa shape index (κ3) is 2.82. The fourth-order valence-corrected chi connectivity index (χ4v) is 2.62. The second kappa shape index (κ2) is 5.12. The molecule has 3 nitrogen and oxygen atoms in total. The Morgan fingerprint density at radius 2 is 2.20 bits per heavy atom. The van der Waals surface area contributed by atoms with Crippen LogP contribution < -0.4 is 4.90 Å². The molecule has 1 aromatic heterocycles. The molecule has 0 radical (unpaired) electrons. The second-order valence-electron chi connectivity index (χ2n) is 3.78. The molecule has 2 heterocycles. The van der Waals surface area contributed by atoms with E-state index in [1.807, 2.05) is 0 Å². The molecular formula is C10H13BrClN3. The van der Waals surface area contributed by atoms with E-state index in [4.69, 9.17) is 11.6 Å². The number of rotatable bonds is 3. The van der Waals surface area contributed by atoms with Gasteiger partial charge in [0.1, 0.15) is 0 Å². The summed E-state index contributed by atoms with van der Waals surface area (Å²) in [5.74, 6) is 1.57. The summed E-state index contributed by atoms with van der Waals surface area (Å²) < 4.78 is 0. The van der Waals surface area contributed by atoms with E-state index in [1.54, 1.807) is 12.4 Å². The molecule has 2 rings (SSSR count). The van der Waals surface area contributed by atoms with Crippen LogP contribution in [0.3, 0.4) is 0 Å². The Morgan fingerprint density at radius 3 is 2.87 bits per heavy atom. The number of aromatic nitrogens is 2. The van der Waals surface area contributed by atoms with Crippen LogP contribution in [0.15, 0.2) is 12.4 Å². The Bertz CT molecular complexity index is 317. The summed E-state index contributed by atoms with van der Waals surface area (Å²) >= 11 is 9.22. The van der Waals surface area contributed by atoms with E-state index in [0.29, 0.717) is 5.02 Å². The molecule has 0 saturated carbocycles. The van der Waals surface area contributed by atoms with E-state index in [-0.39, 0.29) is 0 Å². The van der Waals surface area contributed by atoms with Gasteiger partial charge in [0.2, 0.25) is 5.95 Å². The third-order valence-corrected chi connectivity index (χ3v) is 3.35. The summed E-state index contributed by atoms with van der Waals surface area (Å²) in [6, 6.07) is 0. The van der Waals surface area contributed by atoms with Crippen LogP contribution in [-0.2, 0) is 0 Å². The maximum atomic E-state index is 5.75. The Labute approximate surface area is 103 Å². The number of halogens is 2. The summed E-state index contributed by atoms with van der Waals surface area (Å²) in [6.07, 6.45) is 5.77. The third-order valence-electron chi connectivity index (χ3n) is 2.69. The van der Waals surface area contributed by atoms with Crippen molar-refractivity contribution in [2.24, 2.45) is 5.92 Å². The molecule has 1 aromatic rings. The molecule has 0 aliphatic carbocycles. The lowest BCUT2D eigenvalue weighted by Crippen LogP contribution is -2.21. The van der Waals surface area contributed by atoms with E-state index in [9.17, 15) is 0 Å². The van der Waals surface area contributed by atoms with Crippen molar-refractivity contribution in [1.29, 1.82) is 0 Å². The van der Waals surface area contributed by atoms with Gasteiger partial charge in [-0.15, -0.1) is 0 Å². The SMILES string of the molecule is Clc1cnc(N2CCC(CCBr)C2)nc1. The summed E-state index contributed by atoms with van der Waals surface area (Å²) in [6.45, 7) is 2.12. The maximum absolute atomic E-state index is 5.75. The highest BCUT2D eigenvalue weighted by Gasteiger charge is 2.23. The Kier molecular flexibility index (Phi) is 3.81. The normalized spacial score (nSPS) is 20.9. The van der Waals surface area contributed by atoms with E-state index < -0.39 is 0 Å². The van der Waals surface area contributed by atoms with Crippen LogP contribution in [0.25, 0.3) is 0 Å². The molecule has 0 spiro atoms. The van der Waals surface area contributed by atoms with Gasteiger partial charge in [-0.05, 0) is 18.8 Å². The Balaban J connectivity index is 1.98. The molecule has 15 heavy (non-hydrogen) atoms. The molecule has 1 aliphatic rings. The second-order valence-corrected chi connectivity index (χ2v) is 5.01. The van der Waals surface area contributed by atoms with E-state index >= 15 is 0 Å². The molecule has 82 valence electrons. The predicted molar refractivity (Wildman–Crippen MR) is 65.8 cm³/mol. The minimum atomic E-state index is 0.593. The number of anilines is 1. The minimum absolute atomic E-state index is 0.593. The van der Waals surface area contributed by atoms with Gasteiger partial charge in [0.05, 0.1) is 17.4 Å². The van der Waals surface area contributed by atoms with Gasteiger partial charge in [-0.2, -0.15) is 0 Å². The van der Waals surface area contributed by atoms with Crippen LogP contribution >= 0.6 is 27.5 Å². The van der Waals surface area contributed by atoms with Crippen molar-refractivity contribution in [3.8, 4) is 0 Å². The lowest BCUT2D eigenvalue weighted by Gasteiger charge is -2.15. The van der Waals surface area contributed by atoms with Crippen molar-refractivity contribution < 1.29 is 0 Å². The molecule has 1 saturated heterocycles. The fraction of sp³-hybridized carbons (Fsp3) is 0.600. The zero-order valence-corrected chi connectivity index (χ0v) is 10.7. The lowest BCUT2D eigenvalue weighted by molar-refractivity contribution is 0.575. The molecule has 5 heteroatoms. The first-order valence-electron chi connectivity index (χ1n) is 5.08. The van der Waals surface area contributed by atoms with Gasteiger partial charge in [0.15, 0.2) is 0 Å². The standard InChI is InChI=1S/C10H13BrClN3/c11-3-1-8-2-4-15(7-8)10-13-5-9(12)6-14-10/h5-6,8H,1-4,7H2. The van der Waals surface area contributed by atoms with Crippen LogP contribution in [0.5, 0.6) is 0 Å². The molecule has 1 atom stereocenters. The molecule has 1 unspecified atom stereocenters. The van der Waals surface area contributed by atoms with Crippen molar-refractivity contribution in [3.05, 3.63) is 17.4 Å². The molecule has 0 N–H and O–H groups in total. The van der Waals surface area contributed by atoms with Gasteiger partial charge in [-0.3, -0.25) is 0 Å². The first kappa shape index (κ1) is 11.1. The van der Waals surface area contributed by atoms with Gasteiger partial charge in [-0.25, -0.2) is 9.97 Å². The topological polar surface area (TPSA) is 29.0 Å². The van der Waals surface area contributed by atoms with Crippen molar-refractivity contribution in [2.75, 3.05) is 23.3 Å². The largest absolute Gasteiger partial charge is 0.341 e. The number of hydrogen-bond acceptors (Lipinski definition) is 3. The smallest absolute Gasteiger partial charge is 0.225 e. The highest BCUT2D eigenvalue weighted by molar-refractivity contribution is 9.09. The first-order chi connectivity index (χ1) is 7.29. The molecule has 0 aromatic carbocycles. The summed E-state index contributed by atoms with van der Waals surface area (Å²) in [7, 11) is 0. The highest BCUT2D eigenvalue weighted by atomic mass is 79.9. The van der Waals surface area contributed by atoms with Gasteiger partial charge in [-0.1, -0.05) is 27.5 Å². The van der Waals surface area contributed by atoms with E-state index in [0.717, 1.165) is 30.3 Å². The van der Waals surface area contributed by atoms with Gasteiger partial charge in [0, 0.05) is 18.4 Å². The Morgan fingerprint density at radius 1 is 1.47 bits per heavy atom. The van der Waals surface area contributed by atoms with Crippen molar-refractivity contribution in [3.63, 3.8) is 0 Å². The number of nitrogens with zero attached hydrogens (tertiary/aromatic N) is 3. The average molecular weight is 291 g/mol. The quantitative estimate of drug-likeness (QED) is 0.802. The van der Waals surface area contributed by atoms with Gasteiger partial charge >= 0.3 is 0 Å². The molecule has 0 amide bonds. The number of hydrogen-bond donors (Lipinski definition) is 0. The number of alkyl halides is 1. The first-order valence-corrected chi connectivity index (χ1v) is 6.58. The van der Waals surface area contributed by atoms with Gasteiger partial charge < -0.3 is 4.90 Å². The predicted octanol–water partition coefficient (Wildman–Crippen LogP) is 2.74. The van der Waals surface area contributed by atoms with Crippen molar-refractivity contribution in [1.82, 2.24) is 9.97 Å². The molecule has 1 fully saturated rings. The molecule has 1 aliphatic heterocycles.